The van der Waals surface area contributed by atoms with Gasteiger partial charge in [-0.3, -0.25) is 0 Å². The van der Waals surface area contributed by atoms with Crippen LogP contribution in [-0.2, 0) is 9.47 Å². The Morgan fingerprint density at radius 2 is 2.00 bits per heavy atom. The van der Waals surface area contributed by atoms with E-state index in [0.717, 1.165) is 24.8 Å². The largest absolute Gasteiger partial charge is 0.385 e. The Morgan fingerprint density at radius 3 is 2.59 bits per heavy atom. The van der Waals surface area contributed by atoms with Crippen LogP contribution in [0.5, 0.6) is 0 Å². The van der Waals surface area contributed by atoms with Crippen molar-refractivity contribution in [2.45, 2.75) is 58.3 Å². The number of rotatable bonds is 3. The Kier molecular flexibility index (Phi) is 3.62. The zero-order valence-corrected chi connectivity index (χ0v) is 11.2. The highest BCUT2D eigenvalue weighted by Crippen LogP contribution is 2.47. The molecule has 17 heavy (non-hydrogen) atoms. The van der Waals surface area contributed by atoms with Crippen LogP contribution in [0, 0.1) is 5.41 Å². The number of allylic oxidation sites excluding steroid dienone is 1. The van der Waals surface area contributed by atoms with Crippen LogP contribution in [0.3, 0.4) is 0 Å². The summed E-state index contributed by atoms with van der Waals surface area (Å²) in [5, 5.41) is 10.9. The van der Waals surface area contributed by atoms with Crippen LogP contribution in [0.2, 0.25) is 0 Å². The van der Waals surface area contributed by atoms with Crippen molar-refractivity contribution in [2.75, 3.05) is 13.2 Å². The summed E-state index contributed by atoms with van der Waals surface area (Å²) in [6.07, 6.45) is 5.63. The second-order valence-corrected chi connectivity index (χ2v) is 5.88. The van der Waals surface area contributed by atoms with Gasteiger partial charge in [-0.1, -0.05) is 19.9 Å². The number of aliphatic hydroxyl groups is 1. The highest BCUT2D eigenvalue weighted by atomic mass is 16.7. The van der Waals surface area contributed by atoms with Gasteiger partial charge in [0.2, 0.25) is 0 Å². The van der Waals surface area contributed by atoms with Gasteiger partial charge >= 0.3 is 0 Å². The van der Waals surface area contributed by atoms with Gasteiger partial charge in [-0.15, -0.1) is 0 Å². The van der Waals surface area contributed by atoms with Crippen LogP contribution in [0.4, 0.5) is 0 Å². The molecule has 1 aliphatic carbocycles. The maximum atomic E-state index is 10.9. The Balaban J connectivity index is 2.04. The summed E-state index contributed by atoms with van der Waals surface area (Å²) in [6.45, 7) is 7.71. The van der Waals surface area contributed by atoms with Gasteiger partial charge in [0.15, 0.2) is 6.29 Å². The number of hydrogen-bond acceptors (Lipinski definition) is 3. The van der Waals surface area contributed by atoms with Crippen molar-refractivity contribution in [2.24, 2.45) is 5.41 Å². The van der Waals surface area contributed by atoms with Gasteiger partial charge < -0.3 is 14.6 Å². The van der Waals surface area contributed by atoms with Crippen molar-refractivity contribution in [3.8, 4) is 0 Å². The van der Waals surface area contributed by atoms with Gasteiger partial charge in [0, 0.05) is 6.42 Å². The molecule has 1 aliphatic heterocycles. The molecule has 0 amide bonds. The van der Waals surface area contributed by atoms with E-state index in [1.807, 2.05) is 6.92 Å². The maximum Gasteiger partial charge on any atom is 0.157 e. The first-order valence-electron chi connectivity index (χ1n) is 6.58. The zero-order chi connectivity index (χ0) is 12.5. The zero-order valence-electron chi connectivity index (χ0n) is 11.2. The molecule has 0 spiro atoms. The van der Waals surface area contributed by atoms with E-state index in [2.05, 4.69) is 19.9 Å². The summed E-state index contributed by atoms with van der Waals surface area (Å²) in [7, 11) is 0. The number of ether oxygens (including phenoxy) is 2. The first-order chi connectivity index (χ1) is 7.96. The molecule has 0 aromatic heterocycles. The van der Waals surface area contributed by atoms with Crippen molar-refractivity contribution in [3.05, 3.63) is 11.6 Å². The minimum absolute atomic E-state index is 0.0650. The van der Waals surface area contributed by atoms with E-state index in [9.17, 15) is 5.11 Å². The molecule has 98 valence electrons. The molecule has 1 atom stereocenters. The molecule has 1 fully saturated rings. The lowest BCUT2D eigenvalue weighted by Gasteiger charge is -2.47. The summed E-state index contributed by atoms with van der Waals surface area (Å²) in [4.78, 5) is 0. The predicted molar refractivity (Wildman–Crippen MR) is 66.6 cm³/mol. The highest BCUT2D eigenvalue weighted by Gasteiger charge is 2.46. The lowest BCUT2D eigenvalue weighted by Crippen LogP contribution is -2.48. The lowest BCUT2D eigenvalue weighted by atomic mass is 9.63. The van der Waals surface area contributed by atoms with E-state index in [4.69, 9.17) is 9.47 Å². The normalized spacial score (nSPS) is 33.8. The minimum atomic E-state index is -0.708. The van der Waals surface area contributed by atoms with Crippen molar-refractivity contribution >= 4 is 0 Å². The van der Waals surface area contributed by atoms with E-state index >= 15 is 0 Å². The van der Waals surface area contributed by atoms with Crippen LogP contribution in [0.1, 0.15) is 46.5 Å². The average molecular weight is 240 g/mol. The third kappa shape index (κ3) is 2.42. The monoisotopic (exact) mass is 240 g/mol. The topological polar surface area (TPSA) is 38.7 Å². The molecule has 3 nitrogen and oxygen atoms in total. The minimum Gasteiger partial charge on any atom is -0.385 e. The summed E-state index contributed by atoms with van der Waals surface area (Å²) in [5.41, 5.74) is 0.331. The third-order valence-electron chi connectivity index (χ3n) is 4.42. The van der Waals surface area contributed by atoms with E-state index in [0.29, 0.717) is 19.6 Å². The van der Waals surface area contributed by atoms with Crippen molar-refractivity contribution < 1.29 is 14.6 Å². The molecule has 0 radical (unpaired) electrons. The Morgan fingerprint density at radius 1 is 1.35 bits per heavy atom. The molecule has 0 saturated carbocycles. The Bertz CT molecular complexity index is 303. The molecule has 3 heteroatoms. The van der Waals surface area contributed by atoms with Crippen molar-refractivity contribution in [1.82, 2.24) is 0 Å². The molecule has 0 aromatic carbocycles. The lowest BCUT2D eigenvalue weighted by molar-refractivity contribution is -0.0914. The van der Waals surface area contributed by atoms with Gasteiger partial charge in [-0.2, -0.15) is 0 Å². The van der Waals surface area contributed by atoms with Gasteiger partial charge in [-0.25, -0.2) is 0 Å². The van der Waals surface area contributed by atoms with Crippen LogP contribution in [0.15, 0.2) is 11.6 Å². The first kappa shape index (κ1) is 13.1. The van der Waals surface area contributed by atoms with Crippen LogP contribution < -0.4 is 0 Å². The molecule has 1 saturated heterocycles. The molecule has 0 bridgehead atoms. The number of hydrogen-bond donors (Lipinski definition) is 1. The summed E-state index contributed by atoms with van der Waals surface area (Å²) < 4.78 is 10.9. The van der Waals surface area contributed by atoms with Gasteiger partial charge in [0.1, 0.15) is 0 Å². The molecular weight excluding hydrogens is 216 g/mol. The standard InChI is InChI=1S/C14H24O3/c1-11-5-4-7-13(2,3)14(11,15)8-6-12-16-9-10-17-12/h5,12,15H,4,6-10H2,1-3H3. The molecule has 0 aromatic rings. The predicted octanol–water partition coefficient (Wildman–Crippen LogP) is 2.64. The van der Waals surface area contributed by atoms with Gasteiger partial charge in [-0.05, 0) is 37.2 Å². The second kappa shape index (κ2) is 4.71. The molecule has 2 rings (SSSR count). The quantitative estimate of drug-likeness (QED) is 0.771. The first-order valence-corrected chi connectivity index (χ1v) is 6.58. The highest BCUT2D eigenvalue weighted by molar-refractivity contribution is 5.22. The summed E-state index contributed by atoms with van der Waals surface area (Å²) >= 11 is 0. The van der Waals surface area contributed by atoms with E-state index < -0.39 is 5.60 Å². The smallest absolute Gasteiger partial charge is 0.157 e. The third-order valence-corrected chi connectivity index (χ3v) is 4.42. The van der Waals surface area contributed by atoms with E-state index in [-0.39, 0.29) is 11.7 Å². The molecule has 1 heterocycles. The van der Waals surface area contributed by atoms with Gasteiger partial charge in [0.05, 0.1) is 18.8 Å². The molecular formula is C14H24O3. The molecule has 1 unspecified atom stereocenters. The Labute approximate surface area is 104 Å². The van der Waals surface area contributed by atoms with Crippen LogP contribution in [0.25, 0.3) is 0 Å². The molecule has 1 N–H and O–H groups in total. The second-order valence-electron chi connectivity index (χ2n) is 5.88. The SMILES string of the molecule is CC1=CCCC(C)(C)C1(O)CCC1OCCO1. The molecule has 2 aliphatic rings. The summed E-state index contributed by atoms with van der Waals surface area (Å²) in [6, 6.07) is 0. The van der Waals surface area contributed by atoms with E-state index in [1.165, 1.54) is 0 Å². The van der Waals surface area contributed by atoms with Crippen LogP contribution in [-0.4, -0.2) is 30.2 Å². The van der Waals surface area contributed by atoms with Crippen molar-refractivity contribution in [1.29, 1.82) is 0 Å². The van der Waals surface area contributed by atoms with E-state index in [1.54, 1.807) is 0 Å². The van der Waals surface area contributed by atoms with Gasteiger partial charge in [0.25, 0.3) is 0 Å². The fraction of sp³-hybridized carbons (Fsp3) is 0.857. The fourth-order valence-corrected chi connectivity index (χ4v) is 3.00. The Hall–Kier alpha value is -0.380. The van der Waals surface area contributed by atoms with Crippen molar-refractivity contribution in [3.63, 3.8) is 0 Å². The average Bonchev–Trinajstić information content (AvgIpc) is 2.76. The summed E-state index contributed by atoms with van der Waals surface area (Å²) in [5.74, 6) is 0. The van der Waals surface area contributed by atoms with Crippen LogP contribution >= 0.6 is 0 Å². The maximum absolute atomic E-state index is 10.9. The fourth-order valence-electron chi connectivity index (χ4n) is 3.00.